The quantitative estimate of drug-likeness (QED) is 0.506. The molecular formula is C24H23BrClN3O. The lowest BCUT2D eigenvalue weighted by Gasteiger charge is -2.36. The summed E-state index contributed by atoms with van der Waals surface area (Å²) in [7, 11) is 0. The predicted molar refractivity (Wildman–Crippen MR) is 127 cm³/mol. The van der Waals surface area contributed by atoms with E-state index >= 15 is 0 Å². The molecule has 1 saturated heterocycles. The topological polar surface area (TPSA) is 35.6 Å². The molecule has 4 rings (SSSR count). The largest absolute Gasteiger partial charge is 0.369 e. The van der Waals surface area contributed by atoms with Crippen LogP contribution in [0.1, 0.15) is 15.9 Å². The van der Waals surface area contributed by atoms with Crippen LogP contribution in [0.3, 0.4) is 0 Å². The first-order valence-electron chi connectivity index (χ1n) is 9.97. The normalized spacial score (nSPS) is 14.5. The molecule has 1 amide bonds. The molecule has 1 aliphatic rings. The number of anilines is 2. The number of halogens is 2. The van der Waals surface area contributed by atoms with Gasteiger partial charge < -0.3 is 10.2 Å². The monoisotopic (exact) mass is 483 g/mol. The van der Waals surface area contributed by atoms with Crippen molar-refractivity contribution in [1.29, 1.82) is 0 Å². The lowest BCUT2D eigenvalue weighted by molar-refractivity contribution is 0.102. The summed E-state index contributed by atoms with van der Waals surface area (Å²) in [5.74, 6) is -0.122. The van der Waals surface area contributed by atoms with Crippen LogP contribution in [0.15, 0.2) is 77.3 Å². The number of hydrogen-bond acceptors (Lipinski definition) is 3. The maximum atomic E-state index is 12.5. The molecule has 0 atom stereocenters. The van der Waals surface area contributed by atoms with E-state index in [1.165, 1.54) is 11.3 Å². The Morgan fingerprint density at radius 2 is 1.57 bits per heavy atom. The number of carbonyl (C=O) groups is 1. The van der Waals surface area contributed by atoms with Crippen molar-refractivity contribution >= 4 is 44.8 Å². The second-order valence-electron chi connectivity index (χ2n) is 7.34. The van der Waals surface area contributed by atoms with E-state index < -0.39 is 0 Å². The van der Waals surface area contributed by atoms with Gasteiger partial charge in [0.25, 0.3) is 5.91 Å². The first-order valence-corrected chi connectivity index (χ1v) is 11.1. The second kappa shape index (κ2) is 9.65. The number of rotatable bonds is 5. The van der Waals surface area contributed by atoms with Crippen LogP contribution in [0.2, 0.25) is 5.02 Å². The van der Waals surface area contributed by atoms with Crippen molar-refractivity contribution in [3.63, 3.8) is 0 Å². The maximum absolute atomic E-state index is 12.5. The molecule has 0 spiro atoms. The molecule has 1 heterocycles. The third kappa shape index (κ3) is 5.04. The fraction of sp³-hybridized carbons (Fsp3) is 0.208. The van der Waals surface area contributed by atoms with Gasteiger partial charge in [0.2, 0.25) is 0 Å². The predicted octanol–water partition coefficient (Wildman–Crippen LogP) is 5.68. The first kappa shape index (κ1) is 20.9. The summed E-state index contributed by atoms with van der Waals surface area (Å²) in [5, 5.41) is 3.79. The smallest absolute Gasteiger partial charge is 0.256 e. The van der Waals surface area contributed by atoms with E-state index in [9.17, 15) is 4.79 Å². The van der Waals surface area contributed by atoms with Crippen LogP contribution < -0.4 is 10.2 Å². The van der Waals surface area contributed by atoms with E-state index in [-0.39, 0.29) is 5.91 Å². The SMILES string of the molecule is O=C(Nc1ccc(N2CCN(Cc3ccccc3Cl)CC2)cc1)c1ccccc1Br. The average molecular weight is 485 g/mol. The molecular weight excluding hydrogens is 462 g/mol. The number of hydrogen-bond donors (Lipinski definition) is 1. The van der Waals surface area contributed by atoms with E-state index in [2.05, 4.69) is 49.2 Å². The fourth-order valence-electron chi connectivity index (χ4n) is 3.63. The fourth-order valence-corrected chi connectivity index (χ4v) is 4.29. The van der Waals surface area contributed by atoms with E-state index in [4.69, 9.17) is 11.6 Å². The standard InChI is InChI=1S/C24H23BrClN3O/c25-22-7-3-2-6-21(22)24(30)27-19-9-11-20(12-10-19)29-15-13-28(14-16-29)17-18-5-1-4-8-23(18)26/h1-12H,13-17H2,(H,27,30). The van der Waals surface area contributed by atoms with Crippen LogP contribution in [0, 0.1) is 0 Å². The Hall–Kier alpha value is -2.34. The van der Waals surface area contributed by atoms with Gasteiger partial charge in [-0.2, -0.15) is 0 Å². The highest BCUT2D eigenvalue weighted by molar-refractivity contribution is 9.10. The molecule has 0 saturated carbocycles. The maximum Gasteiger partial charge on any atom is 0.256 e. The van der Waals surface area contributed by atoms with Crippen LogP contribution in [0.5, 0.6) is 0 Å². The van der Waals surface area contributed by atoms with Crippen molar-refractivity contribution in [2.45, 2.75) is 6.54 Å². The van der Waals surface area contributed by atoms with Gasteiger partial charge >= 0.3 is 0 Å². The Kier molecular flexibility index (Phi) is 6.72. The number of benzene rings is 3. The third-order valence-electron chi connectivity index (χ3n) is 5.33. The molecule has 0 unspecified atom stereocenters. The van der Waals surface area contributed by atoms with Crippen LogP contribution in [-0.4, -0.2) is 37.0 Å². The summed E-state index contributed by atoms with van der Waals surface area (Å²) in [6.07, 6.45) is 0. The van der Waals surface area contributed by atoms with Gasteiger partial charge in [-0.3, -0.25) is 9.69 Å². The van der Waals surface area contributed by atoms with Gasteiger partial charge in [-0.15, -0.1) is 0 Å². The number of amides is 1. The van der Waals surface area contributed by atoms with Gasteiger partial charge in [0, 0.05) is 53.6 Å². The zero-order valence-electron chi connectivity index (χ0n) is 16.5. The molecule has 154 valence electrons. The number of piperazine rings is 1. The highest BCUT2D eigenvalue weighted by Crippen LogP contribution is 2.23. The number of nitrogens with one attached hydrogen (secondary N) is 1. The minimum atomic E-state index is -0.122. The van der Waals surface area contributed by atoms with Crippen LogP contribution in [0.4, 0.5) is 11.4 Å². The Morgan fingerprint density at radius 1 is 0.900 bits per heavy atom. The van der Waals surface area contributed by atoms with E-state index in [0.717, 1.165) is 47.9 Å². The first-order chi connectivity index (χ1) is 14.6. The summed E-state index contributed by atoms with van der Waals surface area (Å²) in [4.78, 5) is 17.3. The molecule has 30 heavy (non-hydrogen) atoms. The molecule has 0 radical (unpaired) electrons. The summed E-state index contributed by atoms with van der Waals surface area (Å²) in [5.41, 5.74) is 3.76. The third-order valence-corrected chi connectivity index (χ3v) is 6.39. The molecule has 4 nitrogen and oxygen atoms in total. The minimum absolute atomic E-state index is 0.122. The van der Waals surface area contributed by atoms with Crippen molar-refractivity contribution in [3.05, 3.63) is 93.4 Å². The Balaban J connectivity index is 1.32. The van der Waals surface area contributed by atoms with Gasteiger partial charge in [0.15, 0.2) is 0 Å². The van der Waals surface area contributed by atoms with E-state index in [1.807, 2.05) is 48.5 Å². The van der Waals surface area contributed by atoms with Gasteiger partial charge in [0.05, 0.1) is 5.56 Å². The lowest BCUT2D eigenvalue weighted by Crippen LogP contribution is -2.46. The van der Waals surface area contributed by atoms with Crippen LogP contribution >= 0.6 is 27.5 Å². The van der Waals surface area contributed by atoms with Gasteiger partial charge in [0.1, 0.15) is 0 Å². The number of nitrogens with zero attached hydrogens (tertiary/aromatic N) is 2. The molecule has 1 fully saturated rings. The Labute approximate surface area is 190 Å². The molecule has 6 heteroatoms. The van der Waals surface area contributed by atoms with Crippen molar-refractivity contribution < 1.29 is 4.79 Å². The zero-order valence-corrected chi connectivity index (χ0v) is 18.9. The lowest BCUT2D eigenvalue weighted by atomic mass is 10.1. The summed E-state index contributed by atoms with van der Waals surface area (Å²) in [6.45, 7) is 4.80. The molecule has 3 aromatic carbocycles. The summed E-state index contributed by atoms with van der Waals surface area (Å²) < 4.78 is 0.786. The van der Waals surface area contributed by atoms with Gasteiger partial charge in [-0.25, -0.2) is 0 Å². The minimum Gasteiger partial charge on any atom is -0.369 e. The highest BCUT2D eigenvalue weighted by atomic mass is 79.9. The zero-order chi connectivity index (χ0) is 20.9. The van der Waals surface area contributed by atoms with Gasteiger partial charge in [-0.1, -0.05) is 41.9 Å². The Morgan fingerprint density at radius 3 is 2.27 bits per heavy atom. The molecule has 1 N–H and O–H groups in total. The van der Waals surface area contributed by atoms with E-state index in [1.54, 1.807) is 6.07 Å². The summed E-state index contributed by atoms with van der Waals surface area (Å²) in [6, 6.07) is 23.5. The van der Waals surface area contributed by atoms with E-state index in [0.29, 0.717) is 5.56 Å². The molecule has 0 aromatic heterocycles. The molecule has 0 bridgehead atoms. The second-order valence-corrected chi connectivity index (χ2v) is 8.60. The van der Waals surface area contributed by atoms with Crippen molar-refractivity contribution in [1.82, 2.24) is 4.90 Å². The van der Waals surface area contributed by atoms with Crippen LogP contribution in [0.25, 0.3) is 0 Å². The molecule has 0 aliphatic carbocycles. The van der Waals surface area contributed by atoms with Crippen molar-refractivity contribution in [3.8, 4) is 0 Å². The van der Waals surface area contributed by atoms with Crippen molar-refractivity contribution in [2.24, 2.45) is 0 Å². The highest BCUT2D eigenvalue weighted by Gasteiger charge is 2.18. The number of carbonyl (C=O) groups excluding carboxylic acids is 1. The molecule has 3 aromatic rings. The molecule has 1 aliphatic heterocycles. The van der Waals surface area contributed by atoms with Gasteiger partial charge in [-0.05, 0) is 64.0 Å². The average Bonchev–Trinajstić information content (AvgIpc) is 2.77. The van der Waals surface area contributed by atoms with Crippen molar-refractivity contribution in [2.75, 3.05) is 36.4 Å². The Bertz CT molecular complexity index is 1020. The van der Waals surface area contributed by atoms with Crippen LogP contribution in [-0.2, 0) is 6.54 Å². The summed E-state index contributed by atoms with van der Waals surface area (Å²) >= 11 is 9.72.